The van der Waals surface area contributed by atoms with Crippen molar-refractivity contribution < 1.29 is 0 Å². The Bertz CT molecular complexity index is 861. The Hall–Kier alpha value is -1.79. The van der Waals surface area contributed by atoms with Gasteiger partial charge in [-0.05, 0) is 43.9 Å². The topological polar surface area (TPSA) is 0 Å². The van der Waals surface area contributed by atoms with Crippen molar-refractivity contribution in [1.29, 1.82) is 0 Å². The van der Waals surface area contributed by atoms with Crippen LogP contribution in [0.1, 0.15) is 5.56 Å². The van der Waals surface area contributed by atoms with E-state index in [0.29, 0.717) is 5.88 Å². The van der Waals surface area contributed by atoms with Crippen molar-refractivity contribution in [3.8, 4) is 0 Å². The van der Waals surface area contributed by atoms with Gasteiger partial charge in [-0.25, -0.2) is 0 Å². The van der Waals surface area contributed by atoms with Crippen LogP contribution in [0, 0.1) is 0 Å². The van der Waals surface area contributed by atoms with Crippen molar-refractivity contribution in [2.75, 3.05) is 0 Å². The first-order valence-corrected chi connectivity index (χ1v) is 6.63. The van der Waals surface area contributed by atoms with Gasteiger partial charge in [0.1, 0.15) is 0 Å². The van der Waals surface area contributed by atoms with Gasteiger partial charge in [-0.2, -0.15) is 0 Å². The van der Waals surface area contributed by atoms with Crippen LogP contribution in [-0.4, -0.2) is 0 Å². The molecule has 4 aromatic carbocycles. The molecule has 0 radical (unpaired) electrons. The van der Waals surface area contributed by atoms with Crippen LogP contribution < -0.4 is 0 Å². The first-order valence-electron chi connectivity index (χ1n) is 6.10. The SMILES string of the molecule is ClCc1cc2cccc3ccc4cccc1c4c32. The third kappa shape index (κ3) is 1.21. The monoisotopic (exact) mass is 250 g/mol. The maximum Gasteiger partial charge on any atom is 0.0480 e. The molecule has 0 bridgehead atoms. The minimum Gasteiger partial charge on any atom is -0.122 e. The molecule has 86 valence electrons. The summed E-state index contributed by atoms with van der Waals surface area (Å²) in [6.07, 6.45) is 0. The quantitative estimate of drug-likeness (QED) is 0.317. The third-order valence-corrected chi connectivity index (χ3v) is 4.03. The summed E-state index contributed by atoms with van der Waals surface area (Å²) < 4.78 is 0. The number of rotatable bonds is 1. The Morgan fingerprint density at radius 1 is 0.722 bits per heavy atom. The van der Waals surface area contributed by atoms with E-state index in [4.69, 9.17) is 11.6 Å². The van der Waals surface area contributed by atoms with Crippen LogP contribution in [0.4, 0.5) is 0 Å². The second-order valence-corrected chi connectivity index (χ2v) is 4.99. The second-order valence-electron chi connectivity index (χ2n) is 4.72. The lowest BCUT2D eigenvalue weighted by molar-refractivity contribution is 1.47. The van der Waals surface area contributed by atoms with Crippen molar-refractivity contribution in [2.45, 2.75) is 5.88 Å². The minimum absolute atomic E-state index is 0.559. The molecule has 4 aromatic rings. The number of alkyl halides is 1. The van der Waals surface area contributed by atoms with E-state index in [0.717, 1.165) is 0 Å². The molecule has 0 atom stereocenters. The Morgan fingerprint density at radius 3 is 2.17 bits per heavy atom. The highest BCUT2D eigenvalue weighted by Gasteiger charge is 2.10. The first kappa shape index (κ1) is 10.2. The lowest BCUT2D eigenvalue weighted by atomic mass is 9.92. The summed E-state index contributed by atoms with van der Waals surface area (Å²) in [6.45, 7) is 0. The first-order chi connectivity index (χ1) is 8.88. The molecule has 4 rings (SSSR count). The Labute approximate surface area is 110 Å². The third-order valence-electron chi connectivity index (χ3n) is 3.74. The van der Waals surface area contributed by atoms with Gasteiger partial charge in [0, 0.05) is 5.88 Å². The number of hydrogen-bond donors (Lipinski definition) is 0. The highest BCUT2D eigenvalue weighted by molar-refractivity contribution is 6.25. The van der Waals surface area contributed by atoms with Crippen LogP contribution in [-0.2, 0) is 5.88 Å². The molecular weight excluding hydrogens is 240 g/mol. The van der Waals surface area contributed by atoms with Crippen LogP contribution in [0.15, 0.2) is 54.6 Å². The minimum atomic E-state index is 0.559. The summed E-state index contributed by atoms with van der Waals surface area (Å²) >= 11 is 6.10. The zero-order chi connectivity index (χ0) is 12.1. The molecule has 0 N–H and O–H groups in total. The Balaban J connectivity index is 2.43. The van der Waals surface area contributed by atoms with Crippen LogP contribution in [0.2, 0.25) is 0 Å². The lowest BCUT2D eigenvalue weighted by Gasteiger charge is -2.13. The number of hydrogen-bond acceptors (Lipinski definition) is 0. The summed E-state index contributed by atoms with van der Waals surface area (Å²) in [5.74, 6) is 0.559. The molecule has 0 aliphatic carbocycles. The van der Waals surface area contributed by atoms with Gasteiger partial charge in [0.25, 0.3) is 0 Å². The summed E-state index contributed by atoms with van der Waals surface area (Å²) in [4.78, 5) is 0. The van der Waals surface area contributed by atoms with Crippen LogP contribution in [0.5, 0.6) is 0 Å². The molecule has 0 nitrogen and oxygen atoms in total. The van der Waals surface area contributed by atoms with Crippen molar-refractivity contribution >= 4 is 43.9 Å². The molecule has 0 aromatic heterocycles. The lowest BCUT2D eigenvalue weighted by Crippen LogP contribution is -1.88. The van der Waals surface area contributed by atoms with E-state index in [1.165, 1.54) is 37.9 Å². The molecule has 0 spiro atoms. The molecule has 0 unspecified atom stereocenters. The maximum atomic E-state index is 6.10. The highest BCUT2D eigenvalue weighted by Crippen LogP contribution is 2.36. The van der Waals surface area contributed by atoms with Gasteiger partial charge in [0.2, 0.25) is 0 Å². The van der Waals surface area contributed by atoms with Crippen LogP contribution in [0.3, 0.4) is 0 Å². The number of benzene rings is 4. The number of halogens is 1. The summed E-state index contributed by atoms with van der Waals surface area (Å²) in [6, 6.07) is 19.5. The molecule has 0 amide bonds. The van der Waals surface area contributed by atoms with E-state index in [1.54, 1.807) is 0 Å². The zero-order valence-corrected chi connectivity index (χ0v) is 10.5. The predicted octanol–water partition coefficient (Wildman–Crippen LogP) is 5.32. The smallest absolute Gasteiger partial charge is 0.0480 e. The van der Waals surface area contributed by atoms with Gasteiger partial charge in [0.15, 0.2) is 0 Å². The van der Waals surface area contributed by atoms with E-state index >= 15 is 0 Å². The van der Waals surface area contributed by atoms with Crippen LogP contribution >= 0.6 is 11.6 Å². The molecule has 1 heteroatoms. The molecular formula is C17H11Cl. The van der Waals surface area contributed by atoms with Crippen molar-refractivity contribution in [3.63, 3.8) is 0 Å². The van der Waals surface area contributed by atoms with Gasteiger partial charge < -0.3 is 0 Å². The van der Waals surface area contributed by atoms with Gasteiger partial charge in [0.05, 0.1) is 0 Å². The van der Waals surface area contributed by atoms with Crippen molar-refractivity contribution in [3.05, 3.63) is 60.2 Å². The van der Waals surface area contributed by atoms with Gasteiger partial charge >= 0.3 is 0 Å². The van der Waals surface area contributed by atoms with E-state index in [2.05, 4.69) is 54.6 Å². The van der Waals surface area contributed by atoms with Crippen molar-refractivity contribution in [1.82, 2.24) is 0 Å². The molecule has 0 fully saturated rings. The largest absolute Gasteiger partial charge is 0.122 e. The molecule has 0 aliphatic rings. The molecule has 0 heterocycles. The molecule has 0 aliphatic heterocycles. The Morgan fingerprint density at radius 2 is 1.39 bits per heavy atom. The van der Waals surface area contributed by atoms with E-state index in [1.807, 2.05) is 0 Å². The molecule has 0 saturated carbocycles. The summed E-state index contributed by atoms with van der Waals surface area (Å²) in [7, 11) is 0. The molecule has 0 saturated heterocycles. The van der Waals surface area contributed by atoms with Gasteiger partial charge in [-0.1, -0.05) is 48.5 Å². The standard InChI is InChI=1S/C17H11Cl/c18-10-14-9-13-5-1-3-11-7-8-12-4-2-6-15(14)17(12)16(11)13/h1-9H,10H2. The van der Waals surface area contributed by atoms with E-state index in [9.17, 15) is 0 Å². The summed E-state index contributed by atoms with van der Waals surface area (Å²) in [5.41, 5.74) is 1.22. The predicted molar refractivity (Wildman–Crippen MR) is 79.7 cm³/mol. The fraction of sp³-hybridized carbons (Fsp3) is 0.0588. The average Bonchev–Trinajstić information content (AvgIpc) is 2.44. The molecule has 18 heavy (non-hydrogen) atoms. The van der Waals surface area contributed by atoms with Crippen molar-refractivity contribution in [2.24, 2.45) is 0 Å². The second kappa shape index (κ2) is 3.60. The van der Waals surface area contributed by atoms with Crippen LogP contribution in [0.25, 0.3) is 32.3 Å². The summed E-state index contributed by atoms with van der Waals surface area (Å²) in [5, 5.41) is 7.88. The van der Waals surface area contributed by atoms with Gasteiger partial charge in [-0.3, -0.25) is 0 Å². The fourth-order valence-electron chi connectivity index (χ4n) is 2.95. The normalized spacial score (nSPS) is 11.8. The Kier molecular flexibility index (Phi) is 2.03. The zero-order valence-electron chi connectivity index (χ0n) is 9.78. The average molecular weight is 251 g/mol. The van der Waals surface area contributed by atoms with E-state index in [-0.39, 0.29) is 0 Å². The van der Waals surface area contributed by atoms with E-state index < -0.39 is 0 Å². The van der Waals surface area contributed by atoms with Gasteiger partial charge in [-0.15, -0.1) is 11.6 Å². The maximum absolute atomic E-state index is 6.10. The fourth-order valence-corrected chi connectivity index (χ4v) is 3.17. The highest BCUT2D eigenvalue weighted by atomic mass is 35.5.